The summed E-state index contributed by atoms with van der Waals surface area (Å²) in [6.07, 6.45) is 1.50. The number of hydrogen-bond acceptors (Lipinski definition) is 1. The number of rotatable bonds is 0. The van der Waals surface area contributed by atoms with Gasteiger partial charge >= 0.3 is 0 Å². The molecule has 2 rings (SSSR count). The monoisotopic (exact) mass is 127 g/mol. The minimum absolute atomic E-state index is 1.04. The van der Waals surface area contributed by atoms with Crippen LogP contribution in [-0.2, 0) is 0 Å². The van der Waals surface area contributed by atoms with Crippen molar-refractivity contribution in [1.82, 2.24) is 4.57 Å². The number of piperidine rings is 1. The zero-order valence-corrected chi connectivity index (χ0v) is 7.59. The van der Waals surface area contributed by atoms with Crippen LogP contribution in [0.4, 0.5) is 0 Å². The van der Waals surface area contributed by atoms with Crippen molar-refractivity contribution in [3.8, 4) is 0 Å². The predicted octanol–water partition coefficient (Wildman–Crippen LogP) is -0.393. The Bertz CT molecular complexity index is 113. The van der Waals surface area contributed by atoms with Gasteiger partial charge in [-0.3, -0.25) is 0 Å². The molecule has 3 unspecified atom stereocenters. The first-order chi connectivity index (χ1) is 3.80. The summed E-state index contributed by atoms with van der Waals surface area (Å²) in [5.74, 6) is 2.17. The summed E-state index contributed by atoms with van der Waals surface area (Å²) in [5.41, 5.74) is 0. The second-order valence-corrected chi connectivity index (χ2v) is 4.43. The van der Waals surface area contributed by atoms with Crippen molar-refractivity contribution in [2.75, 3.05) is 6.54 Å². The molecule has 0 amide bonds. The lowest BCUT2D eigenvalue weighted by Crippen LogP contribution is -2.20. The van der Waals surface area contributed by atoms with E-state index >= 15 is 0 Å². The third-order valence-corrected chi connectivity index (χ3v) is 3.88. The minimum atomic E-state index is 1.04. The average molecular weight is 127 g/mol. The van der Waals surface area contributed by atoms with Crippen molar-refractivity contribution < 1.29 is 0 Å². The molecule has 1 saturated carbocycles. The van der Waals surface area contributed by atoms with Crippen LogP contribution < -0.4 is 0 Å². The summed E-state index contributed by atoms with van der Waals surface area (Å²) >= 11 is 0. The molecule has 0 aromatic rings. The van der Waals surface area contributed by atoms with Crippen LogP contribution in [-0.4, -0.2) is 27.6 Å². The standard InChI is InChI=1S/C6H13NSi/c1-4-5-2-3-7(8)6(4)5/h4-6H,2-3H2,1,8H3. The van der Waals surface area contributed by atoms with Crippen molar-refractivity contribution in [3.05, 3.63) is 0 Å². The van der Waals surface area contributed by atoms with Gasteiger partial charge in [0.15, 0.2) is 0 Å². The maximum atomic E-state index is 2.63. The van der Waals surface area contributed by atoms with E-state index in [1.54, 1.807) is 0 Å². The lowest BCUT2D eigenvalue weighted by Gasteiger charge is -2.10. The smallest absolute Gasteiger partial charge is 0.0788 e. The Balaban J connectivity index is 2.07. The maximum absolute atomic E-state index is 2.63. The highest BCUT2D eigenvalue weighted by molar-refractivity contribution is 6.05. The number of hydrogen-bond donors (Lipinski definition) is 0. The molecule has 1 aliphatic carbocycles. The molecular weight excluding hydrogens is 114 g/mol. The molecule has 1 heterocycles. The number of fused-ring (bicyclic) bond motifs is 1. The first-order valence-corrected chi connectivity index (χ1v) is 4.40. The molecule has 0 spiro atoms. The van der Waals surface area contributed by atoms with Crippen LogP contribution in [0.1, 0.15) is 13.3 Å². The average Bonchev–Trinajstić information content (AvgIpc) is 2.13. The van der Waals surface area contributed by atoms with E-state index < -0.39 is 0 Å². The Morgan fingerprint density at radius 3 is 2.62 bits per heavy atom. The zero-order chi connectivity index (χ0) is 5.72. The summed E-state index contributed by atoms with van der Waals surface area (Å²) in [6.45, 7) is 3.80. The van der Waals surface area contributed by atoms with E-state index in [-0.39, 0.29) is 0 Å². The van der Waals surface area contributed by atoms with Gasteiger partial charge < -0.3 is 4.57 Å². The van der Waals surface area contributed by atoms with Gasteiger partial charge in [0.05, 0.1) is 10.4 Å². The normalized spacial score (nSPS) is 54.4. The fourth-order valence-corrected chi connectivity index (χ4v) is 3.30. The SMILES string of the molecule is CC1C2CCN([SiH3])C12. The van der Waals surface area contributed by atoms with E-state index in [1.165, 1.54) is 23.4 Å². The highest BCUT2D eigenvalue weighted by Crippen LogP contribution is 2.49. The molecule has 2 fully saturated rings. The molecule has 2 aliphatic rings. The molecule has 2 heteroatoms. The number of nitrogens with zero attached hydrogens (tertiary/aromatic N) is 1. The zero-order valence-electron chi connectivity index (χ0n) is 5.59. The molecule has 0 radical (unpaired) electrons. The Hall–Kier alpha value is 0.177. The van der Waals surface area contributed by atoms with Gasteiger partial charge in [-0.15, -0.1) is 0 Å². The van der Waals surface area contributed by atoms with Gasteiger partial charge in [-0.25, -0.2) is 0 Å². The summed E-state index contributed by atoms with van der Waals surface area (Å²) < 4.78 is 2.63. The molecule has 0 aromatic carbocycles. The van der Waals surface area contributed by atoms with Crippen molar-refractivity contribution in [2.24, 2.45) is 11.8 Å². The van der Waals surface area contributed by atoms with Crippen molar-refractivity contribution >= 4 is 10.4 Å². The van der Waals surface area contributed by atoms with E-state index in [2.05, 4.69) is 11.5 Å². The van der Waals surface area contributed by atoms with Gasteiger partial charge in [0, 0.05) is 6.04 Å². The second-order valence-electron chi connectivity index (χ2n) is 3.28. The Labute approximate surface area is 53.6 Å². The van der Waals surface area contributed by atoms with Crippen LogP contribution in [0, 0.1) is 11.8 Å². The summed E-state index contributed by atoms with van der Waals surface area (Å²) in [7, 11) is 1.30. The third-order valence-electron chi connectivity index (χ3n) is 2.84. The minimum Gasteiger partial charge on any atom is -0.329 e. The fourth-order valence-electron chi connectivity index (χ4n) is 2.19. The van der Waals surface area contributed by atoms with Gasteiger partial charge in [0.25, 0.3) is 0 Å². The molecule has 0 N–H and O–H groups in total. The summed E-state index contributed by atoms with van der Waals surface area (Å²) in [6, 6.07) is 1.04. The van der Waals surface area contributed by atoms with Gasteiger partial charge in [0.1, 0.15) is 0 Å². The van der Waals surface area contributed by atoms with E-state index in [1.807, 2.05) is 0 Å². The Morgan fingerprint density at radius 1 is 1.62 bits per heavy atom. The van der Waals surface area contributed by atoms with E-state index in [0.29, 0.717) is 0 Å². The van der Waals surface area contributed by atoms with Crippen LogP contribution in [0.15, 0.2) is 0 Å². The topological polar surface area (TPSA) is 3.24 Å². The van der Waals surface area contributed by atoms with Crippen LogP contribution in [0.25, 0.3) is 0 Å². The Morgan fingerprint density at radius 2 is 2.38 bits per heavy atom. The van der Waals surface area contributed by atoms with Gasteiger partial charge in [0.2, 0.25) is 0 Å². The van der Waals surface area contributed by atoms with Gasteiger partial charge in [-0.05, 0) is 24.8 Å². The van der Waals surface area contributed by atoms with E-state index in [0.717, 1.165) is 17.9 Å². The van der Waals surface area contributed by atoms with Crippen LogP contribution in [0.5, 0.6) is 0 Å². The molecule has 0 aromatic heterocycles. The van der Waals surface area contributed by atoms with E-state index in [4.69, 9.17) is 0 Å². The van der Waals surface area contributed by atoms with Crippen LogP contribution >= 0.6 is 0 Å². The van der Waals surface area contributed by atoms with Crippen molar-refractivity contribution in [1.29, 1.82) is 0 Å². The van der Waals surface area contributed by atoms with Crippen LogP contribution in [0.3, 0.4) is 0 Å². The second kappa shape index (κ2) is 1.36. The molecule has 1 saturated heterocycles. The van der Waals surface area contributed by atoms with Crippen molar-refractivity contribution in [3.63, 3.8) is 0 Å². The summed E-state index contributed by atoms with van der Waals surface area (Å²) in [4.78, 5) is 0. The largest absolute Gasteiger partial charge is 0.329 e. The van der Waals surface area contributed by atoms with Crippen molar-refractivity contribution in [2.45, 2.75) is 19.4 Å². The third kappa shape index (κ3) is 0.450. The first kappa shape index (κ1) is 5.00. The molecule has 1 aliphatic heterocycles. The molecule has 8 heavy (non-hydrogen) atoms. The Kier molecular flexibility index (Phi) is 0.852. The maximum Gasteiger partial charge on any atom is 0.0788 e. The molecule has 1 nitrogen and oxygen atoms in total. The molecular formula is C6H13NSi. The quantitative estimate of drug-likeness (QED) is 0.401. The van der Waals surface area contributed by atoms with Gasteiger partial charge in [-0.2, -0.15) is 0 Å². The van der Waals surface area contributed by atoms with E-state index in [9.17, 15) is 0 Å². The molecule has 3 atom stereocenters. The molecule has 46 valence electrons. The first-order valence-electron chi connectivity index (χ1n) is 3.51. The lowest BCUT2D eigenvalue weighted by atomic mass is 10.3. The highest BCUT2D eigenvalue weighted by atomic mass is 28.2. The molecule has 0 bridgehead atoms. The van der Waals surface area contributed by atoms with Crippen LogP contribution in [0.2, 0.25) is 0 Å². The predicted molar refractivity (Wildman–Crippen MR) is 37.7 cm³/mol. The summed E-state index contributed by atoms with van der Waals surface area (Å²) in [5, 5.41) is 0. The highest BCUT2D eigenvalue weighted by Gasteiger charge is 2.52. The lowest BCUT2D eigenvalue weighted by molar-refractivity contribution is 0.462. The van der Waals surface area contributed by atoms with Gasteiger partial charge in [-0.1, -0.05) is 6.92 Å². The fraction of sp³-hybridized carbons (Fsp3) is 1.00.